The van der Waals surface area contributed by atoms with Crippen molar-refractivity contribution in [1.29, 1.82) is 0 Å². The molecule has 2 aliphatic carbocycles. The summed E-state index contributed by atoms with van der Waals surface area (Å²) in [6.45, 7) is 0. The van der Waals surface area contributed by atoms with E-state index in [1.54, 1.807) is 25.7 Å². The van der Waals surface area contributed by atoms with Gasteiger partial charge in [0.05, 0.1) is 0 Å². The quantitative estimate of drug-likeness (QED) is 0.579. The third-order valence-corrected chi connectivity index (χ3v) is 5.78. The zero-order chi connectivity index (χ0) is 8.93. The third kappa shape index (κ3) is 3.24. The van der Waals surface area contributed by atoms with E-state index in [1.165, 1.54) is 47.1 Å². The van der Waals surface area contributed by atoms with Gasteiger partial charge < -0.3 is 0 Å². The average molecular weight is 198 g/mol. The second-order valence-corrected chi connectivity index (χ2v) is 6.80. The Morgan fingerprint density at radius 3 is 1.31 bits per heavy atom. The Kier molecular flexibility index (Phi) is 4.10. The van der Waals surface area contributed by atoms with E-state index in [0.717, 1.165) is 11.3 Å². The summed E-state index contributed by atoms with van der Waals surface area (Å²) in [5, 5.41) is 0. The lowest BCUT2D eigenvalue weighted by Crippen LogP contribution is -2.14. The summed E-state index contributed by atoms with van der Waals surface area (Å²) in [6.07, 6.45) is 15.4. The molecule has 1 heteroatoms. The van der Waals surface area contributed by atoms with Crippen LogP contribution in [0.5, 0.6) is 0 Å². The van der Waals surface area contributed by atoms with Crippen molar-refractivity contribution in [1.82, 2.24) is 0 Å². The van der Waals surface area contributed by atoms with Gasteiger partial charge in [0.25, 0.3) is 0 Å². The van der Waals surface area contributed by atoms with Crippen LogP contribution in [0.1, 0.15) is 64.2 Å². The van der Waals surface area contributed by atoms with Gasteiger partial charge in [0, 0.05) is 0 Å². The summed E-state index contributed by atoms with van der Waals surface area (Å²) in [5.41, 5.74) is 2.30. The van der Waals surface area contributed by atoms with Crippen LogP contribution in [0.15, 0.2) is 0 Å². The summed E-state index contributed by atoms with van der Waals surface area (Å²) in [7, 11) is 1.33. The number of rotatable bonds is 2. The van der Waals surface area contributed by atoms with Gasteiger partial charge in [-0.15, -0.1) is 8.58 Å². The lowest BCUT2D eigenvalue weighted by Gasteiger charge is -2.28. The zero-order valence-electron chi connectivity index (χ0n) is 8.73. The Balaban J connectivity index is 1.69. The normalized spacial score (nSPS) is 27.7. The van der Waals surface area contributed by atoms with E-state index in [1.807, 2.05) is 0 Å². The van der Waals surface area contributed by atoms with Crippen molar-refractivity contribution >= 4 is 8.58 Å². The topological polar surface area (TPSA) is 0 Å². The van der Waals surface area contributed by atoms with Crippen molar-refractivity contribution in [2.75, 3.05) is 0 Å². The number of hydrogen-bond donors (Lipinski definition) is 0. The van der Waals surface area contributed by atoms with Gasteiger partial charge in [-0.2, -0.15) is 0 Å². The SMILES string of the molecule is C1CCC(PC2CCCCC2)CC1. The molecule has 2 saturated carbocycles. The molecule has 0 nitrogen and oxygen atoms in total. The lowest BCUT2D eigenvalue weighted by molar-refractivity contribution is 0.490. The molecule has 0 aromatic heterocycles. The molecule has 0 aliphatic heterocycles. The van der Waals surface area contributed by atoms with Crippen molar-refractivity contribution in [2.24, 2.45) is 0 Å². The molecule has 0 aromatic rings. The molecule has 0 aromatic carbocycles. The van der Waals surface area contributed by atoms with Gasteiger partial charge in [-0.1, -0.05) is 38.5 Å². The van der Waals surface area contributed by atoms with E-state index >= 15 is 0 Å². The Labute approximate surface area is 84.7 Å². The summed E-state index contributed by atoms with van der Waals surface area (Å²) in [5.74, 6) is 0. The maximum atomic E-state index is 1.56. The summed E-state index contributed by atoms with van der Waals surface area (Å²) < 4.78 is 0. The lowest BCUT2D eigenvalue weighted by atomic mass is 10.00. The van der Waals surface area contributed by atoms with Crippen molar-refractivity contribution in [2.45, 2.75) is 75.5 Å². The zero-order valence-corrected chi connectivity index (χ0v) is 9.73. The van der Waals surface area contributed by atoms with E-state index in [0.29, 0.717) is 0 Å². The Morgan fingerprint density at radius 2 is 0.923 bits per heavy atom. The van der Waals surface area contributed by atoms with Gasteiger partial charge in [-0.05, 0) is 37.0 Å². The predicted molar refractivity (Wildman–Crippen MR) is 62.1 cm³/mol. The Bertz CT molecular complexity index is 116. The largest absolute Gasteiger partial charge is 0.116 e. The minimum Gasteiger partial charge on any atom is -0.116 e. The Hall–Kier alpha value is 0.430. The monoisotopic (exact) mass is 198 g/mol. The minimum absolute atomic E-state index is 1.15. The molecular formula is C12H23P. The molecule has 0 atom stereocenters. The standard InChI is InChI=1S/C12H23P/c1-3-7-11(8-4-1)13-12-9-5-2-6-10-12/h11-13H,1-10H2. The fraction of sp³-hybridized carbons (Fsp3) is 1.00. The second-order valence-electron chi connectivity index (χ2n) is 4.84. The van der Waals surface area contributed by atoms with Crippen LogP contribution >= 0.6 is 8.58 Å². The molecule has 0 spiro atoms. The molecule has 0 heterocycles. The van der Waals surface area contributed by atoms with Crippen molar-refractivity contribution in [3.63, 3.8) is 0 Å². The van der Waals surface area contributed by atoms with Crippen LogP contribution < -0.4 is 0 Å². The number of hydrogen-bond acceptors (Lipinski definition) is 0. The summed E-state index contributed by atoms with van der Waals surface area (Å²) >= 11 is 0. The first kappa shape index (κ1) is 9.97. The van der Waals surface area contributed by atoms with Crippen LogP contribution in [-0.4, -0.2) is 11.3 Å². The predicted octanol–water partition coefficient (Wildman–Crippen LogP) is 4.33. The van der Waals surface area contributed by atoms with Gasteiger partial charge >= 0.3 is 0 Å². The minimum atomic E-state index is 1.15. The molecule has 2 aliphatic rings. The van der Waals surface area contributed by atoms with E-state index in [2.05, 4.69) is 0 Å². The van der Waals surface area contributed by atoms with Crippen molar-refractivity contribution < 1.29 is 0 Å². The van der Waals surface area contributed by atoms with Gasteiger partial charge in [0.1, 0.15) is 0 Å². The second kappa shape index (κ2) is 5.35. The molecule has 0 radical (unpaired) electrons. The van der Waals surface area contributed by atoms with Gasteiger partial charge in [-0.25, -0.2) is 0 Å². The molecular weight excluding hydrogens is 175 g/mol. The molecule has 2 rings (SSSR count). The maximum Gasteiger partial charge on any atom is -0.0234 e. The van der Waals surface area contributed by atoms with Crippen LogP contribution in [0.25, 0.3) is 0 Å². The highest BCUT2D eigenvalue weighted by Crippen LogP contribution is 2.41. The molecule has 0 unspecified atom stereocenters. The van der Waals surface area contributed by atoms with Gasteiger partial charge in [-0.3, -0.25) is 0 Å². The van der Waals surface area contributed by atoms with E-state index in [-0.39, 0.29) is 0 Å². The third-order valence-electron chi connectivity index (χ3n) is 3.68. The van der Waals surface area contributed by atoms with Crippen LogP contribution in [0.2, 0.25) is 0 Å². The molecule has 13 heavy (non-hydrogen) atoms. The fourth-order valence-electron chi connectivity index (χ4n) is 2.87. The highest BCUT2D eigenvalue weighted by molar-refractivity contribution is 7.39. The summed E-state index contributed by atoms with van der Waals surface area (Å²) in [6, 6.07) is 0. The van der Waals surface area contributed by atoms with Crippen LogP contribution in [0.3, 0.4) is 0 Å². The highest BCUT2D eigenvalue weighted by Gasteiger charge is 2.20. The van der Waals surface area contributed by atoms with Crippen LogP contribution in [0.4, 0.5) is 0 Å². The first-order valence-corrected chi connectivity index (χ1v) is 7.37. The highest BCUT2D eigenvalue weighted by atomic mass is 31.1. The van der Waals surface area contributed by atoms with Gasteiger partial charge in [0.2, 0.25) is 0 Å². The maximum absolute atomic E-state index is 1.56. The van der Waals surface area contributed by atoms with E-state index < -0.39 is 0 Å². The van der Waals surface area contributed by atoms with Crippen LogP contribution in [-0.2, 0) is 0 Å². The smallest absolute Gasteiger partial charge is 0.0234 e. The van der Waals surface area contributed by atoms with E-state index in [4.69, 9.17) is 0 Å². The molecule has 2 fully saturated rings. The molecule has 0 amide bonds. The summed E-state index contributed by atoms with van der Waals surface area (Å²) in [4.78, 5) is 0. The molecule has 0 bridgehead atoms. The Morgan fingerprint density at radius 1 is 0.538 bits per heavy atom. The first-order valence-electron chi connectivity index (χ1n) is 6.21. The van der Waals surface area contributed by atoms with Crippen molar-refractivity contribution in [3.05, 3.63) is 0 Å². The molecule has 0 saturated heterocycles. The van der Waals surface area contributed by atoms with E-state index in [9.17, 15) is 0 Å². The van der Waals surface area contributed by atoms with Crippen LogP contribution in [0, 0.1) is 0 Å². The fourth-order valence-corrected chi connectivity index (χ4v) is 5.02. The van der Waals surface area contributed by atoms with Gasteiger partial charge in [0.15, 0.2) is 0 Å². The average Bonchev–Trinajstić information content (AvgIpc) is 2.21. The van der Waals surface area contributed by atoms with Crippen molar-refractivity contribution in [3.8, 4) is 0 Å². The molecule has 0 N–H and O–H groups in total. The molecule has 76 valence electrons. The first-order chi connectivity index (χ1) is 6.45.